The summed E-state index contributed by atoms with van der Waals surface area (Å²) in [5, 5.41) is 0.720. The highest BCUT2D eigenvalue weighted by Gasteiger charge is 2.43. The smallest absolute Gasteiger partial charge is 0.291 e. The molecule has 0 radical (unpaired) electrons. The number of methoxy groups -OCH3 is 2. The van der Waals surface area contributed by atoms with Crippen molar-refractivity contribution in [2.75, 3.05) is 14.2 Å². The van der Waals surface area contributed by atoms with Gasteiger partial charge in [0.05, 0.1) is 31.2 Å². The average Bonchev–Trinajstić information content (AvgIpc) is 3.28. The Kier molecular flexibility index (Phi) is 7.12. The Morgan fingerprint density at radius 3 is 2.34 bits per heavy atom. The molecule has 41 heavy (non-hydrogen) atoms. The highest BCUT2D eigenvalue weighted by Crippen LogP contribution is 2.42. The highest BCUT2D eigenvalue weighted by atomic mass is 35.5. The molecule has 5 aromatic rings. The van der Waals surface area contributed by atoms with Crippen LogP contribution in [0.25, 0.3) is 11.0 Å². The van der Waals surface area contributed by atoms with Gasteiger partial charge in [0.25, 0.3) is 5.91 Å². The van der Waals surface area contributed by atoms with Gasteiger partial charge in [-0.3, -0.25) is 9.59 Å². The van der Waals surface area contributed by atoms with Crippen LogP contribution in [0.4, 0.5) is 0 Å². The maximum Gasteiger partial charge on any atom is 0.291 e. The predicted molar refractivity (Wildman–Crippen MR) is 156 cm³/mol. The normalized spacial score (nSPS) is 14.3. The van der Waals surface area contributed by atoms with Crippen LogP contribution in [0, 0.1) is 0 Å². The molecule has 0 spiro atoms. The Morgan fingerprint density at radius 1 is 0.829 bits per heavy atom. The van der Waals surface area contributed by atoms with Crippen LogP contribution in [0.1, 0.15) is 38.9 Å². The molecule has 2 heterocycles. The third kappa shape index (κ3) is 5.00. The molecular formula is C33H26ClNO6. The molecule has 1 amide bonds. The first-order valence-electron chi connectivity index (χ1n) is 13.0. The van der Waals surface area contributed by atoms with E-state index in [0.29, 0.717) is 45.4 Å². The second-order valence-corrected chi connectivity index (χ2v) is 10.1. The quantitative estimate of drug-likeness (QED) is 0.205. The van der Waals surface area contributed by atoms with Crippen LogP contribution in [0.5, 0.6) is 17.2 Å². The lowest BCUT2D eigenvalue weighted by Gasteiger charge is -2.26. The van der Waals surface area contributed by atoms with Crippen molar-refractivity contribution in [3.05, 3.63) is 134 Å². The van der Waals surface area contributed by atoms with Crippen LogP contribution in [0.3, 0.4) is 0 Å². The second kappa shape index (κ2) is 11.0. The first-order chi connectivity index (χ1) is 20.0. The van der Waals surface area contributed by atoms with Gasteiger partial charge in [0.2, 0.25) is 5.76 Å². The van der Waals surface area contributed by atoms with E-state index < -0.39 is 6.04 Å². The molecule has 0 N–H and O–H groups in total. The largest absolute Gasteiger partial charge is 0.497 e. The van der Waals surface area contributed by atoms with E-state index in [2.05, 4.69) is 0 Å². The third-order valence-corrected chi connectivity index (χ3v) is 7.42. The summed E-state index contributed by atoms with van der Waals surface area (Å²) in [6.45, 7) is 0.601. The number of rotatable bonds is 8. The van der Waals surface area contributed by atoms with Gasteiger partial charge < -0.3 is 23.5 Å². The number of carbonyl (C=O) groups excluding carboxylic acids is 1. The minimum atomic E-state index is -0.726. The first kappa shape index (κ1) is 26.5. The number of halogens is 1. The van der Waals surface area contributed by atoms with Gasteiger partial charge in [0.15, 0.2) is 16.9 Å². The minimum absolute atomic E-state index is 0.0201. The van der Waals surface area contributed by atoms with Gasteiger partial charge in [-0.25, -0.2) is 0 Å². The molecule has 0 bridgehead atoms. The van der Waals surface area contributed by atoms with Crippen molar-refractivity contribution in [2.45, 2.75) is 19.2 Å². The van der Waals surface area contributed by atoms with E-state index in [0.717, 1.165) is 11.1 Å². The average molecular weight is 568 g/mol. The lowest BCUT2D eigenvalue weighted by molar-refractivity contribution is 0.0714. The number of hydrogen-bond donors (Lipinski definition) is 0. The zero-order valence-corrected chi connectivity index (χ0v) is 23.2. The maximum absolute atomic E-state index is 13.9. The summed E-state index contributed by atoms with van der Waals surface area (Å²) in [4.78, 5) is 29.4. The number of ether oxygens (including phenoxy) is 3. The van der Waals surface area contributed by atoms with E-state index >= 15 is 0 Å². The molecule has 1 aromatic heterocycles. The molecule has 6 rings (SSSR count). The fraction of sp³-hybridized carbons (Fsp3) is 0.152. The first-order valence-corrected chi connectivity index (χ1v) is 13.4. The molecule has 1 atom stereocenters. The number of fused-ring (bicyclic) bond motifs is 2. The number of carbonyl (C=O) groups is 1. The van der Waals surface area contributed by atoms with Crippen molar-refractivity contribution < 1.29 is 23.4 Å². The molecule has 1 unspecified atom stereocenters. The van der Waals surface area contributed by atoms with Crippen molar-refractivity contribution in [1.82, 2.24) is 4.90 Å². The van der Waals surface area contributed by atoms with Crippen LogP contribution in [-0.4, -0.2) is 25.0 Å². The Bertz CT molecular complexity index is 1800. The molecule has 7 nitrogen and oxygen atoms in total. The molecule has 1 aliphatic rings. The van der Waals surface area contributed by atoms with Gasteiger partial charge in [0.1, 0.15) is 17.9 Å². The van der Waals surface area contributed by atoms with E-state index in [-0.39, 0.29) is 29.2 Å². The standard InChI is InChI=1S/C33H26ClNO6/c1-38-24-12-8-20(9-13-24)18-35-30(29-31(36)25-17-23(34)11-15-26(25)41-32(29)33(35)37)22-10-14-27(28(16-22)39-2)40-19-21-6-4-3-5-7-21/h3-17,30H,18-19H2,1-2H3. The SMILES string of the molecule is COc1ccc(CN2C(=O)c3oc4ccc(Cl)cc4c(=O)c3C2c2ccc(OCc3ccccc3)c(OC)c2)cc1. The van der Waals surface area contributed by atoms with Gasteiger partial charge in [-0.15, -0.1) is 0 Å². The summed E-state index contributed by atoms with van der Waals surface area (Å²) in [6.07, 6.45) is 0. The minimum Gasteiger partial charge on any atom is -0.497 e. The maximum atomic E-state index is 13.9. The summed E-state index contributed by atoms with van der Waals surface area (Å²) in [6, 6.07) is 26.8. The summed E-state index contributed by atoms with van der Waals surface area (Å²) >= 11 is 6.22. The van der Waals surface area contributed by atoms with Gasteiger partial charge in [-0.2, -0.15) is 0 Å². The van der Waals surface area contributed by atoms with Gasteiger partial charge >= 0.3 is 0 Å². The molecule has 206 valence electrons. The van der Waals surface area contributed by atoms with Crippen LogP contribution in [0.15, 0.2) is 100 Å². The summed E-state index contributed by atoms with van der Waals surface area (Å²) in [5.74, 6) is 1.38. The molecule has 1 aliphatic heterocycles. The van der Waals surface area contributed by atoms with E-state index in [4.69, 9.17) is 30.2 Å². The zero-order chi connectivity index (χ0) is 28.5. The van der Waals surface area contributed by atoms with Gasteiger partial charge in [0, 0.05) is 11.6 Å². The molecule has 0 fully saturated rings. The number of nitrogens with zero attached hydrogens (tertiary/aromatic N) is 1. The zero-order valence-electron chi connectivity index (χ0n) is 22.4. The number of benzene rings is 4. The predicted octanol–water partition coefficient (Wildman–Crippen LogP) is 6.79. The molecular weight excluding hydrogens is 542 g/mol. The highest BCUT2D eigenvalue weighted by molar-refractivity contribution is 6.31. The Labute approximate surface area is 241 Å². The number of hydrogen-bond acceptors (Lipinski definition) is 6. The molecule has 0 saturated carbocycles. The van der Waals surface area contributed by atoms with Crippen LogP contribution in [0.2, 0.25) is 5.02 Å². The van der Waals surface area contributed by atoms with E-state index in [1.165, 1.54) is 0 Å². The van der Waals surface area contributed by atoms with E-state index in [1.807, 2.05) is 60.7 Å². The van der Waals surface area contributed by atoms with Crippen LogP contribution < -0.4 is 19.6 Å². The molecule has 8 heteroatoms. The van der Waals surface area contributed by atoms with E-state index in [1.54, 1.807) is 49.5 Å². The van der Waals surface area contributed by atoms with Crippen molar-refractivity contribution in [3.8, 4) is 17.2 Å². The number of amides is 1. The molecule has 0 saturated heterocycles. The van der Waals surface area contributed by atoms with Gasteiger partial charge in [-0.1, -0.05) is 60.1 Å². The summed E-state index contributed by atoms with van der Waals surface area (Å²) in [7, 11) is 3.15. The summed E-state index contributed by atoms with van der Waals surface area (Å²) < 4.78 is 23.1. The van der Waals surface area contributed by atoms with Crippen molar-refractivity contribution >= 4 is 28.5 Å². The molecule has 0 aliphatic carbocycles. The topological polar surface area (TPSA) is 78.2 Å². The lowest BCUT2D eigenvalue weighted by atomic mass is 9.97. The van der Waals surface area contributed by atoms with Crippen molar-refractivity contribution in [1.29, 1.82) is 0 Å². The van der Waals surface area contributed by atoms with Gasteiger partial charge in [-0.05, 0) is 59.2 Å². The second-order valence-electron chi connectivity index (χ2n) is 9.68. The summed E-state index contributed by atoms with van der Waals surface area (Å²) in [5.41, 5.74) is 2.83. The fourth-order valence-corrected chi connectivity index (χ4v) is 5.31. The fourth-order valence-electron chi connectivity index (χ4n) is 5.14. The Hall–Kier alpha value is -4.75. The molecule has 4 aromatic carbocycles. The van der Waals surface area contributed by atoms with Crippen LogP contribution in [-0.2, 0) is 13.2 Å². The third-order valence-electron chi connectivity index (χ3n) is 7.18. The Balaban J connectivity index is 1.44. The van der Waals surface area contributed by atoms with Crippen molar-refractivity contribution in [3.63, 3.8) is 0 Å². The van der Waals surface area contributed by atoms with E-state index in [9.17, 15) is 9.59 Å². The van der Waals surface area contributed by atoms with Crippen molar-refractivity contribution in [2.24, 2.45) is 0 Å². The monoisotopic (exact) mass is 567 g/mol. The van der Waals surface area contributed by atoms with Crippen LogP contribution >= 0.6 is 11.6 Å². The Morgan fingerprint density at radius 2 is 1.61 bits per heavy atom. The lowest BCUT2D eigenvalue weighted by Crippen LogP contribution is -2.29.